The Balaban J connectivity index is 0.00000174. The van der Waals surface area contributed by atoms with E-state index in [1.807, 2.05) is 45.9 Å². The van der Waals surface area contributed by atoms with Gasteiger partial charge in [-0.15, -0.1) is 5.10 Å². The van der Waals surface area contributed by atoms with Crippen LogP contribution in [-0.2, 0) is 13.2 Å². The second-order valence-corrected chi connectivity index (χ2v) is 13.6. The highest BCUT2D eigenvalue weighted by molar-refractivity contribution is 5.98. The lowest BCUT2D eigenvalue weighted by molar-refractivity contribution is 0.0901. The summed E-state index contributed by atoms with van der Waals surface area (Å²) < 4.78 is 21.4. The molecule has 2 aromatic carbocycles. The predicted molar refractivity (Wildman–Crippen MR) is 189 cm³/mol. The fourth-order valence-corrected chi connectivity index (χ4v) is 6.24. The summed E-state index contributed by atoms with van der Waals surface area (Å²) in [6.45, 7) is 11.5. The minimum absolute atomic E-state index is 0.108. The molecule has 0 spiro atoms. The monoisotopic (exact) mass is 670 g/mol. The van der Waals surface area contributed by atoms with Crippen LogP contribution in [0.25, 0.3) is 11.0 Å². The van der Waals surface area contributed by atoms with Crippen molar-refractivity contribution >= 4 is 22.9 Å². The second-order valence-electron chi connectivity index (χ2n) is 13.6. The molecule has 0 unspecified atom stereocenters. The fraction of sp³-hybridized carbons (Fsp3) is 0.417. The van der Waals surface area contributed by atoms with Crippen LogP contribution in [0.2, 0.25) is 0 Å². The van der Waals surface area contributed by atoms with Gasteiger partial charge in [-0.1, -0.05) is 24.3 Å². The molecule has 3 heterocycles. The third-order valence-corrected chi connectivity index (χ3v) is 7.97. The maximum absolute atomic E-state index is 14.0. The summed E-state index contributed by atoms with van der Waals surface area (Å²) in [4.78, 5) is 25.1. The number of ether oxygens (including phenoxy) is 1. The normalized spacial score (nSPS) is 14.0. The minimum atomic E-state index is -0.507. The van der Waals surface area contributed by atoms with E-state index in [4.69, 9.17) is 37.2 Å². The van der Waals surface area contributed by atoms with E-state index in [0.29, 0.717) is 46.8 Å². The number of carbonyl (C=O) groups is 1. The Bertz CT molecular complexity index is 1810. The highest BCUT2D eigenvalue weighted by Gasteiger charge is 2.28. The van der Waals surface area contributed by atoms with E-state index in [2.05, 4.69) is 15.3 Å². The van der Waals surface area contributed by atoms with E-state index in [-0.39, 0.29) is 30.2 Å². The van der Waals surface area contributed by atoms with Gasteiger partial charge in [0.2, 0.25) is 11.8 Å². The highest BCUT2D eigenvalue weighted by atomic mass is 19.1. The number of aromatic nitrogens is 3. The van der Waals surface area contributed by atoms with Crippen molar-refractivity contribution in [3.8, 4) is 11.9 Å². The summed E-state index contributed by atoms with van der Waals surface area (Å²) >= 11 is 0. The Kier molecular flexibility index (Phi) is 11.9. The van der Waals surface area contributed by atoms with Gasteiger partial charge < -0.3 is 27.3 Å². The third-order valence-electron chi connectivity index (χ3n) is 7.97. The molecule has 1 aliphatic heterocycles. The van der Waals surface area contributed by atoms with Crippen LogP contribution in [0, 0.1) is 17.1 Å². The average molecular weight is 671 g/mol. The van der Waals surface area contributed by atoms with Crippen LogP contribution in [0.5, 0.6) is 5.88 Å². The Hall–Kier alpha value is -5.06. The van der Waals surface area contributed by atoms with Crippen LogP contribution in [0.15, 0.2) is 65.8 Å². The molecule has 12 nitrogen and oxygen atoms in total. The number of pyridine rings is 1. The molecule has 1 aliphatic rings. The molecule has 0 saturated carbocycles. The van der Waals surface area contributed by atoms with Crippen molar-refractivity contribution in [2.45, 2.75) is 84.0 Å². The molecule has 0 bridgehead atoms. The first-order chi connectivity index (χ1) is 23.2. The van der Waals surface area contributed by atoms with Gasteiger partial charge in [0.05, 0.1) is 23.6 Å². The Labute approximate surface area is 287 Å². The maximum Gasteiger partial charge on any atom is 0.251 e. The molecule has 1 fully saturated rings. The van der Waals surface area contributed by atoms with Gasteiger partial charge in [0.1, 0.15) is 18.2 Å². The number of fused-ring (bicyclic) bond motifs is 1. The number of nitrogens with one attached hydrogen (secondary N) is 1. The number of nitrogens with zero attached hydrogens (tertiary/aromatic N) is 6. The van der Waals surface area contributed by atoms with Crippen molar-refractivity contribution < 1.29 is 13.9 Å². The summed E-state index contributed by atoms with van der Waals surface area (Å²) in [6.07, 6.45) is 2.39. The number of hydrogen-bond donors (Lipinski definition) is 4. The predicted octanol–water partition coefficient (Wildman–Crippen LogP) is 4.73. The number of halogens is 1. The van der Waals surface area contributed by atoms with Crippen LogP contribution in [0.4, 0.5) is 4.39 Å². The van der Waals surface area contributed by atoms with Crippen LogP contribution in [0.1, 0.15) is 87.2 Å². The molecule has 0 radical (unpaired) electrons. The van der Waals surface area contributed by atoms with Crippen LogP contribution < -0.4 is 27.3 Å². The molecule has 7 N–H and O–H groups in total. The number of nitriles is 1. The average Bonchev–Trinajstić information content (AvgIpc) is 3.35. The largest absolute Gasteiger partial charge is 0.473 e. The van der Waals surface area contributed by atoms with Crippen LogP contribution >= 0.6 is 0 Å². The van der Waals surface area contributed by atoms with Gasteiger partial charge in [0.25, 0.3) is 5.91 Å². The molecule has 4 aromatic rings. The maximum atomic E-state index is 14.0. The number of imidazole rings is 1. The lowest BCUT2D eigenvalue weighted by Crippen LogP contribution is -2.50. The first-order valence-corrected chi connectivity index (χ1v) is 16.3. The van der Waals surface area contributed by atoms with E-state index >= 15 is 0 Å². The number of likely N-dealkylation sites (tertiary alicyclic amines) is 1. The summed E-state index contributed by atoms with van der Waals surface area (Å²) in [5, 5.41) is 14.8. The zero-order valence-corrected chi connectivity index (χ0v) is 28.9. The minimum Gasteiger partial charge on any atom is -0.473 e. The van der Waals surface area contributed by atoms with Crippen molar-refractivity contribution in [2.75, 3.05) is 13.1 Å². The number of nitrogens with two attached hydrogens (primary N) is 3. The van der Waals surface area contributed by atoms with Crippen LogP contribution in [0.3, 0.4) is 0 Å². The number of amides is 1. The molecule has 2 aromatic heterocycles. The highest BCUT2D eigenvalue weighted by Crippen LogP contribution is 2.29. The van der Waals surface area contributed by atoms with Crippen molar-refractivity contribution in [3.63, 3.8) is 0 Å². The van der Waals surface area contributed by atoms with Gasteiger partial charge in [-0.3, -0.25) is 9.69 Å². The van der Waals surface area contributed by atoms with Crippen molar-refractivity contribution in [2.24, 2.45) is 22.3 Å². The first kappa shape index (κ1) is 36.8. The molecular formula is C36H47FN10O2. The van der Waals surface area contributed by atoms with Crippen molar-refractivity contribution in [3.05, 3.63) is 89.1 Å². The molecule has 260 valence electrons. The zero-order valence-electron chi connectivity index (χ0n) is 28.9. The van der Waals surface area contributed by atoms with Crippen molar-refractivity contribution in [1.82, 2.24) is 24.9 Å². The van der Waals surface area contributed by atoms with E-state index < -0.39 is 11.1 Å². The first-order valence-electron chi connectivity index (χ1n) is 16.3. The smallest absolute Gasteiger partial charge is 0.251 e. The number of carbonyl (C=O) groups excluding carboxylic acids is 1. The molecule has 49 heavy (non-hydrogen) atoms. The standard InChI is InChI=1S/C34H44FN9O2.C2H3N/c1-33(2,38)21-34(3,4)41-31(45)23-12-13-27-28(18-23)44(42-32(36)37)29(39-27)19-43-16-14-22(15-17-43)26-10-7-11-30(40-26)46-20-24-8-5-6-9-25(24)35;1-2-3/h5-13,18,22H,14-17,19-21,38H2,1-4H3,(H,41,45)(H4,36,37,42);1H3. The Morgan fingerprint density at radius 1 is 1.08 bits per heavy atom. The number of piperidine rings is 1. The quantitative estimate of drug-likeness (QED) is 0.129. The van der Waals surface area contributed by atoms with E-state index in [9.17, 15) is 9.18 Å². The van der Waals surface area contributed by atoms with Crippen molar-refractivity contribution in [1.29, 1.82) is 5.26 Å². The topological polar surface area (TPSA) is 186 Å². The summed E-state index contributed by atoms with van der Waals surface area (Å²) in [5.74, 6) is 0.799. The Morgan fingerprint density at radius 2 is 1.78 bits per heavy atom. The summed E-state index contributed by atoms with van der Waals surface area (Å²) in [5.41, 5.74) is 20.1. The molecule has 1 saturated heterocycles. The summed E-state index contributed by atoms with van der Waals surface area (Å²) in [6, 6.07) is 19.4. The Morgan fingerprint density at radius 3 is 2.43 bits per heavy atom. The molecule has 5 rings (SSSR count). The van der Waals surface area contributed by atoms with Gasteiger partial charge in [0, 0.05) is 46.8 Å². The SMILES string of the molecule is CC#N.CC(C)(N)CC(C)(C)NC(=O)c1ccc2nc(CN3CCC(c4cccc(OCc5ccccc5F)n4)CC3)n(N=C(N)N)c2c1. The number of hydrogen-bond acceptors (Lipinski definition) is 8. The van der Waals surface area contributed by atoms with E-state index in [1.54, 1.807) is 47.1 Å². The van der Waals surface area contributed by atoms with Gasteiger partial charge in [-0.2, -0.15) is 5.26 Å². The fourth-order valence-electron chi connectivity index (χ4n) is 6.24. The van der Waals surface area contributed by atoms with Crippen LogP contribution in [-0.4, -0.2) is 55.6 Å². The molecule has 0 aliphatic carbocycles. The van der Waals surface area contributed by atoms with Gasteiger partial charge in [-0.25, -0.2) is 19.0 Å². The molecule has 13 heteroatoms. The number of guanidine groups is 1. The van der Waals surface area contributed by atoms with Gasteiger partial charge >= 0.3 is 0 Å². The number of benzene rings is 2. The lowest BCUT2D eigenvalue weighted by Gasteiger charge is -2.33. The van der Waals surface area contributed by atoms with Gasteiger partial charge in [-0.05, 0) is 90.4 Å². The number of rotatable bonds is 11. The van der Waals surface area contributed by atoms with E-state index in [0.717, 1.165) is 31.6 Å². The van der Waals surface area contributed by atoms with E-state index in [1.165, 1.54) is 13.0 Å². The molecule has 1 amide bonds. The summed E-state index contributed by atoms with van der Waals surface area (Å²) in [7, 11) is 0. The second kappa shape index (κ2) is 15.9. The lowest BCUT2D eigenvalue weighted by atomic mass is 9.87. The third kappa shape index (κ3) is 10.5. The molecular weight excluding hydrogens is 623 g/mol. The molecule has 0 atom stereocenters. The van der Waals surface area contributed by atoms with Gasteiger partial charge in [0.15, 0.2) is 0 Å². The zero-order chi connectivity index (χ0) is 35.8.